The summed E-state index contributed by atoms with van der Waals surface area (Å²) in [6.07, 6.45) is 5.68. The van der Waals surface area contributed by atoms with E-state index in [0.29, 0.717) is 0 Å². The van der Waals surface area contributed by atoms with Crippen LogP contribution in [-0.4, -0.2) is 10.9 Å². The molecule has 140 valence electrons. The van der Waals surface area contributed by atoms with E-state index in [1.54, 1.807) is 0 Å². The van der Waals surface area contributed by atoms with Crippen molar-refractivity contribution in [1.29, 1.82) is 0 Å². The number of hydrogen-bond donors (Lipinski definition) is 1. The Morgan fingerprint density at radius 2 is 1.65 bits per heavy atom. The van der Waals surface area contributed by atoms with Gasteiger partial charge in [-0.1, -0.05) is 52.3 Å². The van der Waals surface area contributed by atoms with E-state index in [0.717, 1.165) is 66.7 Å². The van der Waals surface area contributed by atoms with E-state index < -0.39 is 0 Å². The number of benzene rings is 1. The van der Waals surface area contributed by atoms with Crippen LogP contribution in [0.3, 0.4) is 0 Å². The van der Waals surface area contributed by atoms with Crippen LogP contribution in [0.25, 0.3) is 0 Å². The highest BCUT2D eigenvalue weighted by atomic mass is 16.1. The first-order chi connectivity index (χ1) is 12.5. The largest absolute Gasteiger partial charge is 0.321 e. The molecular formula is C23H32N2O. The molecule has 1 aromatic heterocycles. The zero-order valence-electron chi connectivity index (χ0n) is 16.9. The van der Waals surface area contributed by atoms with Gasteiger partial charge in [0.15, 0.2) is 0 Å². The number of anilines is 1. The van der Waals surface area contributed by atoms with Gasteiger partial charge in [-0.25, -0.2) is 0 Å². The molecule has 1 heterocycles. The van der Waals surface area contributed by atoms with E-state index in [4.69, 9.17) is 0 Å². The minimum atomic E-state index is -0.0175. The lowest BCUT2D eigenvalue weighted by Crippen LogP contribution is -2.20. The van der Waals surface area contributed by atoms with Crippen molar-refractivity contribution >= 4 is 11.6 Å². The number of para-hydroxylation sites is 1. The summed E-state index contributed by atoms with van der Waals surface area (Å²) in [7, 11) is 0. The van der Waals surface area contributed by atoms with E-state index in [-0.39, 0.29) is 5.91 Å². The normalized spacial score (nSPS) is 10.8. The van der Waals surface area contributed by atoms with Crippen molar-refractivity contribution in [1.82, 2.24) is 4.98 Å². The molecule has 0 bridgehead atoms. The first-order valence-electron chi connectivity index (χ1n) is 9.97. The average molecular weight is 353 g/mol. The Morgan fingerprint density at radius 3 is 2.19 bits per heavy atom. The third-order valence-electron chi connectivity index (χ3n) is 4.90. The third-order valence-corrected chi connectivity index (χ3v) is 4.90. The third kappa shape index (κ3) is 4.51. The van der Waals surface area contributed by atoms with Crippen LogP contribution in [0.15, 0.2) is 24.3 Å². The second-order valence-corrected chi connectivity index (χ2v) is 6.81. The molecule has 2 aromatic rings. The van der Waals surface area contributed by atoms with Crippen LogP contribution < -0.4 is 5.32 Å². The number of unbranched alkanes of at least 4 members (excludes halogenated alkanes) is 1. The van der Waals surface area contributed by atoms with Crippen molar-refractivity contribution in [2.75, 3.05) is 5.32 Å². The lowest BCUT2D eigenvalue weighted by molar-refractivity contribution is 0.102. The molecule has 0 saturated carbocycles. The molecule has 0 spiro atoms. The number of nitrogens with zero attached hydrogens (tertiary/aromatic N) is 1. The van der Waals surface area contributed by atoms with Gasteiger partial charge in [0.05, 0.1) is 11.3 Å². The standard InChI is InChI=1S/C23H32N2O/c1-6-10-12-19-15-16(5)24-20(9-4)21(19)23(26)25-22-17(7-2)13-11-14-18(22)8-3/h11,13-15H,6-10,12H2,1-5H3,(H,25,26). The van der Waals surface area contributed by atoms with Crippen molar-refractivity contribution in [3.05, 3.63) is 57.9 Å². The van der Waals surface area contributed by atoms with Crippen molar-refractivity contribution in [3.63, 3.8) is 0 Å². The minimum Gasteiger partial charge on any atom is -0.321 e. The lowest BCUT2D eigenvalue weighted by Gasteiger charge is -2.18. The molecule has 26 heavy (non-hydrogen) atoms. The smallest absolute Gasteiger partial charge is 0.257 e. The molecule has 0 saturated heterocycles. The van der Waals surface area contributed by atoms with Crippen LogP contribution >= 0.6 is 0 Å². The molecule has 0 aliphatic rings. The monoisotopic (exact) mass is 352 g/mol. The lowest BCUT2D eigenvalue weighted by atomic mass is 9.97. The molecule has 1 N–H and O–H groups in total. The molecule has 0 unspecified atom stereocenters. The maximum absolute atomic E-state index is 13.3. The second-order valence-electron chi connectivity index (χ2n) is 6.81. The van der Waals surface area contributed by atoms with Crippen LogP contribution in [0.5, 0.6) is 0 Å². The predicted octanol–water partition coefficient (Wildman–Crippen LogP) is 5.67. The summed E-state index contributed by atoms with van der Waals surface area (Å²) in [5, 5.41) is 3.23. The van der Waals surface area contributed by atoms with E-state index in [2.05, 4.69) is 62.3 Å². The molecule has 0 fully saturated rings. The van der Waals surface area contributed by atoms with E-state index in [9.17, 15) is 4.79 Å². The highest BCUT2D eigenvalue weighted by Crippen LogP contribution is 2.25. The summed E-state index contributed by atoms with van der Waals surface area (Å²) < 4.78 is 0. The van der Waals surface area contributed by atoms with Crippen LogP contribution in [0.1, 0.15) is 79.0 Å². The molecule has 2 rings (SSSR count). The minimum absolute atomic E-state index is 0.0175. The highest BCUT2D eigenvalue weighted by Gasteiger charge is 2.19. The second kappa shape index (κ2) is 9.51. The summed E-state index contributed by atoms with van der Waals surface area (Å²) >= 11 is 0. The number of hydrogen-bond acceptors (Lipinski definition) is 2. The molecule has 0 aliphatic carbocycles. The Hall–Kier alpha value is -2.16. The summed E-state index contributed by atoms with van der Waals surface area (Å²) in [5.41, 5.74) is 7.15. The van der Waals surface area contributed by atoms with Gasteiger partial charge in [0.2, 0.25) is 0 Å². The zero-order valence-corrected chi connectivity index (χ0v) is 16.9. The average Bonchev–Trinajstić information content (AvgIpc) is 2.65. The molecule has 1 amide bonds. The van der Waals surface area contributed by atoms with Crippen LogP contribution in [0.4, 0.5) is 5.69 Å². The highest BCUT2D eigenvalue weighted by molar-refractivity contribution is 6.07. The van der Waals surface area contributed by atoms with E-state index in [1.807, 2.05) is 6.92 Å². The van der Waals surface area contributed by atoms with Crippen molar-refractivity contribution in [2.24, 2.45) is 0 Å². The Labute approximate surface area is 158 Å². The summed E-state index contributed by atoms with van der Waals surface area (Å²) in [4.78, 5) is 17.9. The Bertz CT molecular complexity index is 743. The topological polar surface area (TPSA) is 42.0 Å². The number of pyridine rings is 1. The molecule has 0 radical (unpaired) electrons. The van der Waals surface area contributed by atoms with Crippen molar-refractivity contribution < 1.29 is 4.79 Å². The van der Waals surface area contributed by atoms with Gasteiger partial charge in [-0.05, 0) is 61.8 Å². The SMILES string of the molecule is CCCCc1cc(C)nc(CC)c1C(=O)Nc1c(CC)cccc1CC. The van der Waals surface area contributed by atoms with Gasteiger partial charge in [0, 0.05) is 11.4 Å². The molecule has 0 aliphatic heterocycles. The molecule has 3 heteroatoms. The number of amides is 1. The maximum Gasteiger partial charge on any atom is 0.257 e. The number of nitrogens with one attached hydrogen (secondary N) is 1. The van der Waals surface area contributed by atoms with Gasteiger partial charge < -0.3 is 5.32 Å². The van der Waals surface area contributed by atoms with E-state index in [1.165, 1.54) is 11.1 Å². The summed E-state index contributed by atoms with van der Waals surface area (Å²) in [6.45, 7) is 10.5. The fraction of sp³-hybridized carbons (Fsp3) is 0.478. The number of aromatic nitrogens is 1. The van der Waals surface area contributed by atoms with Gasteiger partial charge in [-0.15, -0.1) is 0 Å². The molecular weight excluding hydrogens is 320 g/mol. The fourth-order valence-electron chi connectivity index (χ4n) is 3.49. The summed E-state index contributed by atoms with van der Waals surface area (Å²) in [6, 6.07) is 8.35. The fourth-order valence-corrected chi connectivity index (χ4v) is 3.49. The number of aryl methyl sites for hydroxylation is 5. The zero-order chi connectivity index (χ0) is 19.1. The number of carbonyl (C=O) groups excluding carboxylic acids is 1. The Kier molecular flexibility index (Phi) is 7.38. The van der Waals surface area contributed by atoms with E-state index >= 15 is 0 Å². The van der Waals surface area contributed by atoms with Gasteiger partial charge in [0.25, 0.3) is 5.91 Å². The van der Waals surface area contributed by atoms with Gasteiger partial charge in [0.1, 0.15) is 0 Å². The molecule has 1 aromatic carbocycles. The quantitative estimate of drug-likeness (QED) is 0.665. The van der Waals surface area contributed by atoms with Crippen molar-refractivity contribution in [2.45, 2.75) is 73.1 Å². The first kappa shape index (κ1) is 20.2. The van der Waals surface area contributed by atoms with Crippen LogP contribution in [0, 0.1) is 6.92 Å². The van der Waals surface area contributed by atoms with Gasteiger partial charge in [-0.3, -0.25) is 9.78 Å². The molecule has 3 nitrogen and oxygen atoms in total. The first-order valence-corrected chi connectivity index (χ1v) is 9.97. The molecule has 0 atom stereocenters. The predicted molar refractivity (Wildman–Crippen MR) is 110 cm³/mol. The maximum atomic E-state index is 13.3. The Morgan fingerprint density at radius 1 is 1.00 bits per heavy atom. The summed E-state index contributed by atoms with van der Waals surface area (Å²) in [5.74, 6) is -0.0175. The van der Waals surface area contributed by atoms with Gasteiger partial charge >= 0.3 is 0 Å². The van der Waals surface area contributed by atoms with Crippen LogP contribution in [0.2, 0.25) is 0 Å². The Balaban J connectivity index is 2.47. The van der Waals surface area contributed by atoms with Crippen molar-refractivity contribution in [3.8, 4) is 0 Å². The number of rotatable bonds is 8. The van der Waals surface area contributed by atoms with Crippen LogP contribution in [-0.2, 0) is 25.7 Å². The van der Waals surface area contributed by atoms with Gasteiger partial charge in [-0.2, -0.15) is 0 Å². The number of carbonyl (C=O) groups is 1.